The van der Waals surface area contributed by atoms with E-state index < -0.39 is 0 Å². The van der Waals surface area contributed by atoms with Crippen molar-refractivity contribution in [1.29, 1.82) is 5.26 Å². The van der Waals surface area contributed by atoms with Crippen LogP contribution in [0.2, 0.25) is 0 Å². The number of para-hydroxylation sites is 2. The minimum Gasteiger partial charge on any atom is -0.484 e. The molecule has 0 bridgehead atoms. The molecule has 0 saturated carbocycles. The number of rotatable bonds is 7. The fourth-order valence-corrected chi connectivity index (χ4v) is 3.21. The average Bonchev–Trinajstić information content (AvgIpc) is 3.23. The number of H-pyrrole nitrogens is 1. The lowest BCUT2D eigenvalue weighted by atomic mass is 10.1. The van der Waals surface area contributed by atoms with Gasteiger partial charge in [-0.15, -0.1) is 0 Å². The van der Waals surface area contributed by atoms with Crippen molar-refractivity contribution in [2.45, 2.75) is 12.5 Å². The molecule has 1 aromatic heterocycles. The van der Waals surface area contributed by atoms with E-state index in [9.17, 15) is 4.79 Å². The van der Waals surface area contributed by atoms with Gasteiger partial charge in [-0.25, -0.2) is 4.98 Å². The molecule has 1 atom stereocenters. The number of benzene rings is 3. The van der Waals surface area contributed by atoms with Gasteiger partial charge < -0.3 is 15.0 Å². The molecular formula is C24H20N4O2. The fraction of sp³-hybridized carbons (Fsp3) is 0.125. The molecule has 0 saturated heterocycles. The second kappa shape index (κ2) is 8.93. The minimum atomic E-state index is -0.322. The first-order valence-electron chi connectivity index (χ1n) is 9.62. The molecule has 4 rings (SSSR count). The van der Waals surface area contributed by atoms with Gasteiger partial charge >= 0.3 is 0 Å². The fourth-order valence-electron chi connectivity index (χ4n) is 3.21. The van der Waals surface area contributed by atoms with Crippen molar-refractivity contribution >= 4 is 16.9 Å². The summed E-state index contributed by atoms with van der Waals surface area (Å²) >= 11 is 0. The summed E-state index contributed by atoms with van der Waals surface area (Å²) in [5.74, 6) is 0.986. The SMILES string of the molecule is N#Cc1ccc(OCC(=O)N[C@@H](Cc2ccccc2)c2nc3ccccc3[nH]2)cc1. The van der Waals surface area contributed by atoms with Crippen LogP contribution < -0.4 is 10.1 Å². The van der Waals surface area contributed by atoms with E-state index >= 15 is 0 Å². The number of aromatic nitrogens is 2. The Morgan fingerprint density at radius 3 is 2.50 bits per heavy atom. The van der Waals surface area contributed by atoms with Crippen LogP contribution >= 0.6 is 0 Å². The van der Waals surface area contributed by atoms with Crippen molar-refractivity contribution in [3.63, 3.8) is 0 Å². The van der Waals surface area contributed by atoms with Gasteiger partial charge in [0.2, 0.25) is 0 Å². The van der Waals surface area contributed by atoms with Gasteiger partial charge in [0, 0.05) is 0 Å². The molecule has 6 nitrogen and oxygen atoms in total. The minimum absolute atomic E-state index is 0.128. The van der Waals surface area contributed by atoms with Crippen LogP contribution in [0.25, 0.3) is 11.0 Å². The summed E-state index contributed by atoms with van der Waals surface area (Å²) in [6, 6.07) is 26.1. The zero-order chi connectivity index (χ0) is 20.8. The molecule has 0 aliphatic carbocycles. The number of carbonyl (C=O) groups is 1. The predicted octanol–water partition coefficient (Wildman–Crippen LogP) is 3.91. The van der Waals surface area contributed by atoms with Crippen molar-refractivity contribution in [2.24, 2.45) is 0 Å². The quantitative estimate of drug-likeness (QED) is 0.495. The molecule has 0 spiro atoms. The molecule has 3 aromatic carbocycles. The largest absolute Gasteiger partial charge is 0.484 e. The highest BCUT2D eigenvalue weighted by Gasteiger charge is 2.19. The van der Waals surface area contributed by atoms with Gasteiger partial charge in [0.25, 0.3) is 5.91 Å². The number of amides is 1. The summed E-state index contributed by atoms with van der Waals surface area (Å²) in [4.78, 5) is 20.6. The van der Waals surface area contributed by atoms with E-state index in [1.165, 1.54) is 0 Å². The number of nitrogens with zero attached hydrogens (tertiary/aromatic N) is 2. The number of carbonyl (C=O) groups excluding carboxylic acids is 1. The van der Waals surface area contributed by atoms with Crippen LogP contribution in [0.1, 0.15) is 23.0 Å². The zero-order valence-electron chi connectivity index (χ0n) is 16.2. The molecule has 0 aliphatic heterocycles. The average molecular weight is 396 g/mol. The van der Waals surface area contributed by atoms with Gasteiger partial charge in [-0.3, -0.25) is 4.79 Å². The second-order valence-electron chi connectivity index (χ2n) is 6.87. The molecule has 0 fully saturated rings. The standard InChI is InChI=1S/C24H20N4O2/c25-15-18-10-12-19(13-11-18)30-16-23(29)26-22(14-17-6-2-1-3-7-17)24-27-20-8-4-5-9-21(20)28-24/h1-13,22H,14,16H2,(H,26,29)(H,27,28)/t22-/m0/s1. The van der Waals surface area contributed by atoms with E-state index in [1.54, 1.807) is 24.3 Å². The van der Waals surface area contributed by atoms with Crippen molar-refractivity contribution < 1.29 is 9.53 Å². The van der Waals surface area contributed by atoms with Gasteiger partial charge in [0.05, 0.1) is 28.7 Å². The molecule has 148 valence electrons. The Morgan fingerprint density at radius 1 is 1.03 bits per heavy atom. The number of nitrogens with one attached hydrogen (secondary N) is 2. The van der Waals surface area contributed by atoms with E-state index in [4.69, 9.17) is 10.00 Å². The zero-order valence-corrected chi connectivity index (χ0v) is 16.2. The Kier molecular flexibility index (Phi) is 5.72. The van der Waals surface area contributed by atoms with Crippen LogP contribution in [-0.2, 0) is 11.2 Å². The molecule has 4 aromatic rings. The Hall–Kier alpha value is -4.11. The van der Waals surface area contributed by atoms with Crippen molar-refractivity contribution in [1.82, 2.24) is 15.3 Å². The highest BCUT2D eigenvalue weighted by molar-refractivity contribution is 5.78. The number of hydrogen-bond donors (Lipinski definition) is 2. The van der Waals surface area contributed by atoms with Crippen molar-refractivity contribution in [3.05, 3.63) is 95.8 Å². The van der Waals surface area contributed by atoms with Crippen molar-refractivity contribution in [2.75, 3.05) is 6.61 Å². The summed E-state index contributed by atoms with van der Waals surface area (Å²) in [5.41, 5.74) is 3.41. The maximum Gasteiger partial charge on any atom is 0.258 e. The van der Waals surface area contributed by atoms with Gasteiger partial charge in [-0.05, 0) is 48.4 Å². The third-order valence-electron chi connectivity index (χ3n) is 4.71. The van der Waals surface area contributed by atoms with Crippen LogP contribution in [0.5, 0.6) is 5.75 Å². The Morgan fingerprint density at radius 2 is 1.77 bits per heavy atom. The van der Waals surface area contributed by atoms with E-state index in [2.05, 4.69) is 21.4 Å². The third-order valence-corrected chi connectivity index (χ3v) is 4.71. The van der Waals surface area contributed by atoms with Gasteiger partial charge in [-0.1, -0.05) is 42.5 Å². The lowest BCUT2D eigenvalue weighted by Crippen LogP contribution is -2.34. The highest BCUT2D eigenvalue weighted by atomic mass is 16.5. The lowest BCUT2D eigenvalue weighted by molar-refractivity contribution is -0.123. The van der Waals surface area contributed by atoms with E-state index in [0.717, 1.165) is 16.6 Å². The van der Waals surface area contributed by atoms with Crippen LogP contribution in [0.4, 0.5) is 0 Å². The molecule has 1 amide bonds. The second-order valence-corrected chi connectivity index (χ2v) is 6.87. The Bertz CT molecular complexity index is 1140. The Balaban J connectivity index is 1.48. The highest BCUT2D eigenvalue weighted by Crippen LogP contribution is 2.20. The van der Waals surface area contributed by atoms with E-state index in [0.29, 0.717) is 23.6 Å². The van der Waals surface area contributed by atoms with Gasteiger partial charge in [-0.2, -0.15) is 5.26 Å². The smallest absolute Gasteiger partial charge is 0.258 e. The molecule has 1 heterocycles. The maximum absolute atomic E-state index is 12.6. The molecule has 0 radical (unpaired) electrons. The molecular weight excluding hydrogens is 376 g/mol. The molecule has 30 heavy (non-hydrogen) atoms. The molecule has 0 unspecified atom stereocenters. The predicted molar refractivity (Wildman–Crippen MR) is 114 cm³/mol. The van der Waals surface area contributed by atoms with Crippen molar-refractivity contribution in [3.8, 4) is 11.8 Å². The summed E-state index contributed by atoms with van der Waals surface area (Å²) in [7, 11) is 0. The number of hydrogen-bond acceptors (Lipinski definition) is 4. The Labute approximate surface area is 174 Å². The number of fused-ring (bicyclic) bond motifs is 1. The van der Waals surface area contributed by atoms with Gasteiger partial charge in [0.15, 0.2) is 6.61 Å². The van der Waals surface area contributed by atoms with E-state index in [1.807, 2.05) is 54.6 Å². The number of nitriles is 1. The van der Waals surface area contributed by atoms with Crippen LogP contribution in [0.15, 0.2) is 78.9 Å². The summed E-state index contributed by atoms with van der Waals surface area (Å²) in [6.07, 6.45) is 0.600. The molecule has 2 N–H and O–H groups in total. The molecule has 6 heteroatoms. The van der Waals surface area contributed by atoms with Crippen LogP contribution in [-0.4, -0.2) is 22.5 Å². The summed E-state index contributed by atoms with van der Waals surface area (Å²) in [6.45, 7) is -0.128. The third kappa shape index (κ3) is 4.65. The molecule has 0 aliphatic rings. The van der Waals surface area contributed by atoms with E-state index in [-0.39, 0.29) is 18.6 Å². The topological polar surface area (TPSA) is 90.8 Å². The maximum atomic E-state index is 12.6. The monoisotopic (exact) mass is 396 g/mol. The first-order valence-corrected chi connectivity index (χ1v) is 9.62. The number of aromatic amines is 1. The van der Waals surface area contributed by atoms with Crippen LogP contribution in [0, 0.1) is 11.3 Å². The van der Waals surface area contributed by atoms with Crippen LogP contribution in [0.3, 0.4) is 0 Å². The normalized spacial score (nSPS) is 11.6. The first kappa shape index (κ1) is 19.2. The summed E-state index contributed by atoms with van der Waals surface area (Å²) in [5, 5.41) is 11.9. The lowest BCUT2D eigenvalue weighted by Gasteiger charge is -2.17. The van der Waals surface area contributed by atoms with Gasteiger partial charge in [0.1, 0.15) is 11.6 Å². The number of imidazole rings is 1. The first-order chi connectivity index (χ1) is 14.7. The summed E-state index contributed by atoms with van der Waals surface area (Å²) < 4.78 is 5.56. The number of ether oxygens (including phenoxy) is 1.